The van der Waals surface area contributed by atoms with Gasteiger partial charge in [-0.25, -0.2) is 0 Å². The van der Waals surface area contributed by atoms with Gasteiger partial charge in [0.2, 0.25) is 0 Å². The van der Waals surface area contributed by atoms with E-state index < -0.39 is 0 Å². The molecular formula is C138H84O3. The van der Waals surface area contributed by atoms with Crippen molar-refractivity contribution in [2.24, 2.45) is 0 Å². The van der Waals surface area contributed by atoms with Crippen LogP contribution in [0.2, 0.25) is 0 Å². The summed E-state index contributed by atoms with van der Waals surface area (Å²) in [5.41, 5.74) is 27.7. The third kappa shape index (κ3) is 13.3. The predicted molar refractivity (Wildman–Crippen MR) is 600 cm³/mol. The summed E-state index contributed by atoms with van der Waals surface area (Å²) in [6.07, 6.45) is 0. The fraction of sp³-hybridized carbons (Fsp3) is 0. The zero-order valence-electron chi connectivity index (χ0n) is 76.7. The van der Waals surface area contributed by atoms with Gasteiger partial charge in [0.25, 0.3) is 0 Å². The van der Waals surface area contributed by atoms with Crippen LogP contribution in [-0.4, -0.2) is 0 Å². The van der Waals surface area contributed by atoms with Crippen LogP contribution in [0.3, 0.4) is 0 Å². The summed E-state index contributed by atoms with van der Waals surface area (Å²) in [4.78, 5) is 0. The van der Waals surface area contributed by atoms with E-state index in [1.165, 1.54) is 213 Å². The van der Waals surface area contributed by atoms with Crippen molar-refractivity contribution >= 4 is 195 Å². The molecule has 0 spiro atoms. The van der Waals surface area contributed by atoms with Crippen LogP contribution in [0.4, 0.5) is 0 Å². The van der Waals surface area contributed by atoms with Crippen molar-refractivity contribution < 1.29 is 13.3 Å². The molecule has 30 aromatic rings. The van der Waals surface area contributed by atoms with Crippen molar-refractivity contribution in [3.8, 4) is 100 Å². The van der Waals surface area contributed by atoms with Crippen molar-refractivity contribution in [1.82, 2.24) is 0 Å². The van der Waals surface area contributed by atoms with Gasteiger partial charge in [-0.1, -0.05) is 455 Å². The summed E-state index contributed by atoms with van der Waals surface area (Å²) in [6, 6.07) is 185. The minimum absolute atomic E-state index is 0.910. The lowest BCUT2D eigenvalue weighted by molar-refractivity contribution is 0.672. The lowest BCUT2D eigenvalue weighted by Crippen LogP contribution is -1.93. The second-order valence-electron chi connectivity index (χ2n) is 37.2. The van der Waals surface area contributed by atoms with Crippen LogP contribution in [-0.2, 0) is 0 Å². The molecule has 0 aliphatic rings. The topological polar surface area (TPSA) is 39.4 Å². The Kier molecular flexibility index (Phi) is 19.0. The van der Waals surface area contributed by atoms with Crippen molar-refractivity contribution in [3.05, 3.63) is 510 Å². The largest absolute Gasteiger partial charge is 0.455 e. The van der Waals surface area contributed by atoms with Crippen LogP contribution in [0.25, 0.3) is 295 Å². The molecule has 3 heterocycles. The predicted octanol–water partition coefficient (Wildman–Crippen LogP) is 39.6. The van der Waals surface area contributed by atoms with Gasteiger partial charge in [0.1, 0.15) is 33.5 Å². The Balaban J connectivity index is 0.000000104. The highest BCUT2D eigenvalue weighted by atomic mass is 16.3. The number of benzene rings is 27. The maximum atomic E-state index is 6.64. The lowest BCUT2D eigenvalue weighted by Gasteiger charge is -2.20. The molecule has 0 aliphatic heterocycles. The zero-order valence-corrected chi connectivity index (χ0v) is 76.7. The standard InChI is InChI=1S/3C46H28O/c1-3-14-33-29(11-1)13-9-20-34(33)31-23-25-32(26-24-31)43-36-16-5-7-18-38(36)44(39-19-8-6-17-37(39)43)40-21-10-22-42-45(40)41-28-27-30-12-2-4-15-35(30)46(41)47-42;1-2-13-31-27-33(24-23-29(31)11-1)32-14-9-15-34(28-32)43-36-17-5-7-19-38(36)44(39-20-8-6-18-37(39)43)40-21-10-22-42-45(40)41-26-25-30-12-3-4-16-35(30)46(41)47-42;1-2-14-31-28-32(25-24-29(31)12-1)33-15-5-6-17-35(33)43-36-18-7-9-20-38(36)44(39-21-10-8-19-37(39)43)40-22-11-23-42-45(40)41-27-26-30-13-3-4-16-34(30)46(41)47-42/h3*1-28H. The quantitative estimate of drug-likeness (QED) is 0.135. The second-order valence-corrected chi connectivity index (χ2v) is 37.2. The molecule has 0 aliphatic carbocycles. The van der Waals surface area contributed by atoms with E-state index in [4.69, 9.17) is 13.3 Å². The van der Waals surface area contributed by atoms with Gasteiger partial charge >= 0.3 is 0 Å². The third-order valence-electron chi connectivity index (χ3n) is 29.5. The molecule has 3 heteroatoms. The molecule has 3 nitrogen and oxygen atoms in total. The van der Waals surface area contributed by atoms with Gasteiger partial charge in [0, 0.05) is 48.5 Å². The number of hydrogen-bond donors (Lipinski definition) is 0. The van der Waals surface area contributed by atoms with E-state index in [1.54, 1.807) is 0 Å². The lowest BCUT2D eigenvalue weighted by atomic mass is 9.83. The number of fused-ring (bicyclic) bond motifs is 24. The van der Waals surface area contributed by atoms with Gasteiger partial charge in [-0.2, -0.15) is 0 Å². The highest BCUT2D eigenvalue weighted by Gasteiger charge is 2.28. The monoisotopic (exact) mass is 1790 g/mol. The first kappa shape index (κ1) is 80.9. The molecule has 0 amide bonds. The van der Waals surface area contributed by atoms with Crippen molar-refractivity contribution in [1.29, 1.82) is 0 Å². The molecule has 3 aromatic heterocycles. The van der Waals surface area contributed by atoms with Gasteiger partial charge < -0.3 is 13.3 Å². The maximum absolute atomic E-state index is 6.64. The van der Waals surface area contributed by atoms with E-state index in [1.807, 2.05) is 0 Å². The van der Waals surface area contributed by atoms with Crippen LogP contribution in [0.5, 0.6) is 0 Å². The van der Waals surface area contributed by atoms with E-state index in [2.05, 4.69) is 510 Å². The van der Waals surface area contributed by atoms with Crippen molar-refractivity contribution in [2.75, 3.05) is 0 Å². The first-order valence-electron chi connectivity index (χ1n) is 48.6. The van der Waals surface area contributed by atoms with Crippen LogP contribution >= 0.6 is 0 Å². The van der Waals surface area contributed by atoms with Gasteiger partial charge in [0.05, 0.1) is 0 Å². The smallest absolute Gasteiger partial charge is 0.143 e. The number of rotatable bonds is 9. The van der Waals surface area contributed by atoms with Gasteiger partial charge in [-0.05, 0) is 268 Å². The molecule has 141 heavy (non-hydrogen) atoms. The molecule has 30 rings (SSSR count). The Morgan fingerprint density at radius 1 is 0.106 bits per heavy atom. The molecule has 0 fully saturated rings. The van der Waals surface area contributed by atoms with E-state index in [0.29, 0.717) is 0 Å². The molecule has 27 aromatic carbocycles. The van der Waals surface area contributed by atoms with Crippen LogP contribution < -0.4 is 0 Å². The maximum Gasteiger partial charge on any atom is 0.143 e. The molecule has 0 saturated heterocycles. The fourth-order valence-corrected chi connectivity index (χ4v) is 23.3. The van der Waals surface area contributed by atoms with Crippen molar-refractivity contribution in [2.45, 2.75) is 0 Å². The van der Waals surface area contributed by atoms with E-state index in [-0.39, 0.29) is 0 Å². The number of furan rings is 3. The fourth-order valence-electron chi connectivity index (χ4n) is 23.3. The Morgan fingerprint density at radius 2 is 0.348 bits per heavy atom. The molecule has 0 unspecified atom stereocenters. The van der Waals surface area contributed by atoms with Gasteiger partial charge in [0.15, 0.2) is 0 Å². The van der Waals surface area contributed by atoms with Crippen molar-refractivity contribution in [3.63, 3.8) is 0 Å². The molecule has 0 atom stereocenters. The van der Waals surface area contributed by atoms with Gasteiger partial charge in [-0.3, -0.25) is 0 Å². The van der Waals surface area contributed by atoms with E-state index in [9.17, 15) is 0 Å². The Labute approximate surface area is 812 Å². The Bertz CT molecular complexity index is 10200. The average molecular weight is 1790 g/mol. The van der Waals surface area contributed by atoms with E-state index >= 15 is 0 Å². The molecule has 0 radical (unpaired) electrons. The first-order valence-corrected chi connectivity index (χ1v) is 48.6. The summed E-state index contributed by atoms with van der Waals surface area (Å²) in [6.45, 7) is 0. The van der Waals surface area contributed by atoms with Gasteiger partial charge in [-0.15, -0.1) is 0 Å². The number of hydrogen-bond acceptors (Lipinski definition) is 3. The van der Waals surface area contributed by atoms with Crippen LogP contribution in [0.15, 0.2) is 523 Å². The Morgan fingerprint density at radius 3 is 0.752 bits per heavy atom. The SMILES string of the molecule is c1cc(-c2ccc3ccccc3c2)cc(-c2c3ccccc3c(-c3cccc4oc5c6ccccc6ccc5c34)c3ccccc23)c1.c1ccc(-c2c3ccccc3c(-c3cccc4oc5c6ccccc6ccc5c34)c3ccccc23)c(-c2ccc3ccccc3c2)c1.c1ccc2c(-c3ccc(-c4c5ccccc5c(-c5cccc6oc7c8ccccc8ccc7c56)c5ccccc45)cc3)cccc2c1. The van der Waals surface area contributed by atoms with Crippen LogP contribution in [0.1, 0.15) is 0 Å². The summed E-state index contributed by atoms with van der Waals surface area (Å²) < 4.78 is 19.9. The minimum atomic E-state index is 0.910. The molecule has 0 saturated carbocycles. The summed E-state index contributed by atoms with van der Waals surface area (Å²) in [5.74, 6) is 0. The van der Waals surface area contributed by atoms with E-state index in [0.717, 1.165) is 82.0 Å². The molecule has 0 N–H and O–H groups in total. The highest BCUT2D eigenvalue weighted by Crippen LogP contribution is 2.54. The first-order chi connectivity index (χ1) is 70.0. The summed E-state index contributed by atoms with van der Waals surface area (Å²) >= 11 is 0. The molecule has 0 bridgehead atoms. The second kappa shape index (κ2) is 33.2. The summed E-state index contributed by atoms with van der Waals surface area (Å²) in [7, 11) is 0. The Hall–Kier alpha value is -18.5. The normalized spacial score (nSPS) is 11.8. The molecular weight excluding hydrogens is 1710 g/mol. The third-order valence-corrected chi connectivity index (χ3v) is 29.5. The zero-order chi connectivity index (χ0) is 92.7. The molecule has 654 valence electrons. The average Bonchev–Trinajstić information content (AvgIpc) is 1.59. The minimum Gasteiger partial charge on any atom is -0.455 e. The van der Waals surface area contributed by atoms with Crippen LogP contribution in [0, 0.1) is 0 Å². The summed E-state index contributed by atoms with van der Waals surface area (Å²) in [5, 5.41) is 36.3. The highest BCUT2D eigenvalue weighted by molar-refractivity contribution is 6.32.